The highest BCUT2D eigenvalue weighted by Crippen LogP contribution is 2.32. The molecule has 1 fully saturated rings. The smallest absolute Gasteiger partial charge is 0.380 e. The number of aromatic nitrogens is 3. The normalized spacial score (nSPS) is 19.4. The number of carbonyl (C=O) groups excluding carboxylic acids is 2. The number of nitrogen functional groups attached to an aromatic ring is 1. The van der Waals surface area contributed by atoms with Crippen molar-refractivity contribution in [3.63, 3.8) is 0 Å². The number of alkyl halides is 3. The molecule has 0 radical (unpaired) electrons. The number of pyridine rings is 2. The predicted molar refractivity (Wildman–Crippen MR) is 124 cm³/mol. The van der Waals surface area contributed by atoms with E-state index in [1.54, 1.807) is 6.07 Å². The number of amides is 2. The van der Waals surface area contributed by atoms with Crippen molar-refractivity contribution < 1.29 is 37.1 Å². The van der Waals surface area contributed by atoms with E-state index in [0.717, 1.165) is 12.3 Å². The first-order valence-corrected chi connectivity index (χ1v) is 10.9. The Morgan fingerprint density at radius 2 is 2.05 bits per heavy atom. The molecule has 4 heterocycles. The highest BCUT2D eigenvalue weighted by Gasteiger charge is 2.50. The number of rotatable bonds is 4. The molecule has 0 saturated carbocycles. The third kappa shape index (κ3) is 4.29. The molecule has 1 saturated heterocycles. The van der Waals surface area contributed by atoms with Crippen LogP contribution in [0.2, 0.25) is 0 Å². The molecular formula is C23H19F3N6O5. The second-order valence-corrected chi connectivity index (χ2v) is 8.51. The molecule has 0 spiro atoms. The van der Waals surface area contributed by atoms with Crippen LogP contribution in [0.5, 0.6) is 0 Å². The number of carbonyl (C=O) groups is 2. The Labute approximate surface area is 206 Å². The van der Waals surface area contributed by atoms with Gasteiger partial charge in [0.2, 0.25) is 0 Å². The third-order valence-electron chi connectivity index (χ3n) is 6.05. The van der Waals surface area contributed by atoms with Crippen LogP contribution in [0.15, 0.2) is 47.1 Å². The molecule has 3 aromatic heterocycles. The summed E-state index contributed by atoms with van der Waals surface area (Å²) in [6.45, 7) is 1.27. The molecule has 192 valence electrons. The van der Waals surface area contributed by atoms with Gasteiger partial charge in [0, 0.05) is 17.1 Å². The van der Waals surface area contributed by atoms with Crippen LogP contribution in [-0.4, -0.2) is 56.9 Å². The second-order valence-electron chi connectivity index (χ2n) is 8.51. The van der Waals surface area contributed by atoms with Crippen molar-refractivity contribution >= 4 is 51.0 Å². The lowest BCUT2D eigenvalue weighted by molar-refractivity contribution is -0.170. The van der Waals surface area contributed by atoms with Gasteiger partial charge in [0.25, 0.3) is 11.8 Å². The summed E-state index contributed by atoms with van der Waals surface area (Å²) in [4.78, 5) is 35.0. The minimum Gasteiger partial charge on any atom is -0.380 e. The first kappa shape index (κ1) is 24.4. The van der Waals surface area contributed by atoms with Crippen molar-refractivity contribution in [3.8, 4) is 0 Å². The highest BCUT2D eigenvalue weighted by atomic mass is 19.4. The van der Waals surface area contributed by atoms with Crippen LogP contribution in [0, 0.1) is 0 Å². The predicted octanol–water partition coefficient (Wildman–Crippen LogP) is 2.49. The van der Waals surface area contributed by atoms with Gasteiger partial charge >= 0.3 is 6.18 Å². The van der Waals surface area contributed by atoms with Gasteiger partial charge in [0.1, 0.15) is 11.5 Å². The number of morpholine rings is 1. The van der Waals surface area contributed by atoms with Crippen LogP contribution in [-0.2, 0) is 20.5 Å². The number of anilines is 3. The number of nitrogens with zero attached hydrogens (tertiary/aromatic N) is 4. The lowest BCUT2D eigenvalue weighted by atomic mass is 9.94. The summed E-state index contributed by atoms with van der Waals surface area (Å²) in [5.41, 5.74) is 3.34. The average molecular weight is 516 g/mol. The van der Waals surface area contributed by atoms with E-state index in [1.165, 1.54) is 36.1 Å². The lowest BCUT2D eigenvalue weighted by Gasteiger charge is -2.40. The number of hydrogen-bond donors (Lipinski definition) is 3. The Balaban J connectivity index is 1.37. The molecule has 1 aliphatic heterocycles. The van der Waals surface area contributed by atoms with E-state index in [4.69, 9.17) is 15.0 Å². The van der Waals surface area contributed by atoms with Gasteiger partial charge in [-0.25, -0.2) is 9.97 Å². The van der Waals surface area contributed by atoms with Crippen LogP contribution in [0.1, 0.15) is 12.6 Å². The molecule has 37 heavy (non-hydrogen) atoms. The maximum absolute atomic E-state index is 13.4. The Morgan fingerprint density at radius 1 is 1.27 bits per heavy atom. The van der Waals surface area contributed by atoms with Crippen molar-refractivity contribution in [3.05, 3.63) is 48.3 Å². The van der Waals surface area contributed by atoms with Crippen LogP contribution >= 0.6 is 0 Å². The summed E-state index contributed by atoms with van der Waals surface area (Å²) in [5.74, 6) is -1.39. The number of fused-ring (bicyclic) bond motifs is 2. The zero-order chi connectivity index (χ0) is 26.5. The number of aliphatic hydroxyl groups is 1. The molecule has 4 N–H and O–H groups in total. The van der Waals surface area contributed by atoms with E-state index < -0.39 is 35.4 Å². The Bertz CT molecular complexity index is 1540. The first-order valence-electron chi connectivity index (χ1n) is 10.9. The van der Waals surface area contributed by atoms with Gasteiger partial charge in [-0.15, -0.1) is 0 Å². The van der Waals surface area contributed by atoms with Crippen molar-refractivity contribution in [2.75, 3.05) is 29.1 Å². The fourth-order valence-corrected chi connectivity index (χ4v) is 4.01. The van der Waals surface area contributed by atoms with E-state index in [0.29, 0.717) is 11.0 Å². The zero-order valence-corrected chi connectivity index (χ0v) is 19.1. The van der Waals surface area contributed by atoms with Crippen molar-refractivity contribution in [2.24, 2.45) is 0 Å². The van der Waals surface area contributed by atoms with Gasteiger partial charge in [-0.3, -0.25) is 14.5 Å². The van der Waals surface area contributed by atoms with Gasteiger partial charge in [-0.2, -0.15) is 13.2 Å². The second kappa shape index (κ2) is 8.67. The minimum absolute atomic E-state index is 0.0406. The fraction of sp³-hybridized carbons (Fsp3) is 0.261. The molecule has 0 bridgehead atoms. The molecule has 4 aromatic rings. The maximum atomic E-state index is 13.4. The molecule has 0 aliphatic carbocycles. The Morgan fingerprint density at radius 3 is 2.81 bits per heavy atom. The van der Waals surface area contributed by atoms with Crippen LogP contribution < -0.4 is 16.0 Å². The first-order chi connectivity index (χ1) is 17.5. The lowest BCUT2D eigenvalue weighted by Crippen LogP contribution is -2.63. The molecule has 1 aromatic carbocycles. The molecule has 5 rings (SSSR count). The van der Waals surface area contributed by atoms with Gasteiger partial charge in [-0.1, -0.05) is 5.16 Å². The monoisotopic (exact) mass is 516 g/mol. The van der Waals surface area contributed by atoms with E-state index in [1.807, 2.05) is 0 Å². The summed E-state index contributed by atoms with van der Waals surface area (Å²) < 4.78 is 49.5. The van der Waals surface area contributed by atoms with E-state index in [-0.39, 0.29) is 41.4 Å². The molecule has 2 amide bonds. The highest BCUT2D eigenvalue weighted by molar-refractivity contribution is 6.06. The van der Waals surface area contributed by atoms with E-state index >= 15 is 0 Å². The average Bonchev–Trinajstić information content (AvgIpc) is 3.23. The molecule has 2 unspecified atom stereocenters. The zero-order valence-electron chi connectivity index (χ0n) is 19.1. The number of ether oxygens (including phenoxy) is 1. The topological polar surface area (TPSA) is 157 Å². The minimum atomic E-state index is -4.61. The van der Waals surface area contributed by atoms with Crippen LogP contribution in [0.25, 0.3) is 21.9 Å². The van der Waals surface area contributed by atoms with Gasteiger partial charge in [0.05, 0.1) is 30.3 Å². The summed E-state index contributed by atoms with van der Waals surface area (Å²) in [5, 5.41) is 17.7. The number of hydrogen-bond acceptors (Lipinski definition) is 9. The number of nitrogens with two attached hydrogens (primary N) is 1. The summed E-state index contributed by atoms with van der Waals surface area (Å²) >= 11 is 0. The number of aliphatic hydroxyl groups excluding tert-OH is 1. The van der Waals surface area contributed by atoms with Gasteiger partial charge in [0.15, 0.2) is 23.1 Å². The van der Waals surface area contributed by atoms with Crippen molar-refractivity contribution in [1.82, 2.24) is 15.1 Å². The van der Waals surface area contributed by atoms with Gasteiger partial charge in [-0.05, 0) is 37.3 Å². The number of benzene rings is 1. The number of nitrogens with one attached hydrogen (secondary N) is 1. The Kier molecular flexibility index (Phi) is 5.72. The summed E-state index contributed by atoms with van der Waals surface area (Å²) in [6, 6.07) is 8.17. The van der Waals surface area contributed by atoms with E-state index in [9.17, 15) is 27.9 Å². The van der Waals surface area contributed by atoms with Crippen molar-refractivity contribution in [2.45, 2.75) is 24.8 Å². The quantitative estimate of drug-likeness (QED) is 0.371. The number of halogens is 3. The summed E-state index contributed by atoms with van der Waals surface area (Å²) in [6.07, 6.45) is -5.57. The fourth-order valence-electron chi connectivity index (χ4n) is 4.01. The van der Waals surface area contributed by atoms with Crippen LogP contribution in [0.4, 0.5) is 30.5 Å². The largest absolute Gasteiger partial charge is 0.433 e. The molecular weight excluding hydrogens is 497 g/mol. The van der Waals surface area contributed by atoms with Gasteiger partial charge < -0.3 is 25.4 Å². The molecule has 14 heteroatoms. The van der Waals surface area contributed by atoms with Crippen LogP contribution in [0.3, 0.4) is 0 Å². The van der Waals surface area contributed by atoms with Crippen molar-refractivity contribution in [1.29, 1.82) is 0 Å². The molecule has 1 aliphatic rings. The Hall–Kier alpha value is -4.30. The SMILES string of the molecule is CC1(C(O)C(=O)Nc2ccc3c(N)noc3c2)OCCN(c2ccc3cc(C(F)(F)F)ncc3n2)C1=O. The third-order valence-corrected chi connectivity index (χ3v) is 6.05. The van der Waals surface area contributed by atoms with E-state index in [2.05, 4.69) is 20.4 Å². The maximum Gasteiger partial charge on any atom is 0.433 e. The summed E-state index contributed by atoms with van der Waals surface area (Å²) in [7, 11) is 0. The molecule has 2 atom stereocenters. The molecule has 11 nitrogen and oxygen atoms in total. The standard InChI is InChI=1S/C23H19F3N6O5/c1-22(18(33)20(34)29-12-3-4-13-15(9-12)37-31-19(13)27)21(35)32(6-7-36-22)17-5-2-11-8-16(23(24,25)26)28-10-14(11)30-17/h2-5,8-10,18,33H,6-7H2,1H3,(H2,27,31)(H,29,34).